The SMILES string of the molecule is COC(C(C)C(=O)NC(Cc1ccc(OCCCC(=O)N2CCC(C(=O)O)CC2)cc1)C(=O)NSC1CC1)C1CCCN1C=O. The quantitative estimate of drug-likeness (QED) is 0.132. The van der Waals surface area contributed by atoms with E-state index < -0.39 is 24.0 Å². The molecule has 0 aromatic heterocycles. The molecule has 0 bridgehead atoms. The minimum Gasteiger partial charge on any atom is -0.494 e. The summed E-state index contributed by atoms with van der Waals surface area (Å²) in [6, 6.07) is 6.34. The molecule has 2 saturated heterocycles. The highest BCUT2D eigenvalue weighted by molar-refractivity contribution is 7.98. The average molecular weight is 647 g/mol. The fraction of sp³-hybridized carbons (Fsp3) is 0.656. The van der Waals surface area contributed by atoms with E-state index in [4.69, 9.17) is 14.6 Å². The van der Waals surface area contributed by atoms with Gasteiger partial charge in [0.1, 0.15) is 11.8 Å². The van der Waals surface area contributed by atoms with Gasteiger partial charge in [-0.3, -0.25) is 28.7 Å². The maximum absolute atomic E-state index is 13.4. The molecule has 1 aliphatic carbocycles. The van der Waals surface area contributed by atoms with Gasteiger partial charge >= 0.3 is 5.97 Å². The summed E-state index contributed by atoms with van der Waals surface area (Å²) < 4.78 is 14.4. The third kappa shape index (κ3) is 10.1. The number of ether oxygens (including phenoxy) is 2. The van der Waals surface area contributed by atoms with Gasteiger partial charge in [-0.1, -0.05) is 19.1 Å². The number of nitrogens with zero attached hydrogens (tertiary/aromatic N) is 2. The molecule has 3 aliphatic rings. The highest BCUT2D eigenvalue weighted by atomic mass is 32.2. The van der Waals surface area contributed by atoms with E-state index in [1.165, 1.54) is 11.9 Å². The Hall–Kier alpha value is -3.32. The predicted octanol–water partition coefficient (Wildman–Crippen LogP) is 2.39. The normalized spacial score (nSPS) is 20.6. The van der Waals surface area contributed by atoms with Crippen LogP contribution in [0.25, 0.3) is 0 Å². The molecule has 4 amide bonds. The molecule has 248 valence electrons. The standard InChI is InChI=1S/C32H46N4O8S/c1-21(29(43-2)27-5-3-15-36(27)20-37)30(39)33-26(31(40)34-45-25-11-12-25)19-22-7-9-24(10-8-22)44-18-4-6-28(38)35-16-13-23(14-17-35)32(41)42/h7-10,20-21,23,25-27,29H,3-6,11-19H2,1-2H3,(H,33,39)(H,34,40)(H,41,42). The fourth-order valence-corrected chi connectivity index (χ4v) is 6.75. The molecule has 45 heavy (non-hydrogen) atoms. The summed E-state index contributed by atoms with van der Waals surface area (Å²) in [4.78, 5) is 65.1. The summed E-state index contributed by atoms with van der Waals surface area (Å²) in [6.07, 6.45) is 6.19. The van der Waals surface area contributed by atoms with E-state index in [0.29, 0.717) is 62.9 Å². The van der Waals surface area contributed by atoms with Crippen molar-refractivity contribution in [3.63, 3.8) is 0 Å². The minimum atomic E-state index is -0.798. The number of carbonyl (C=O) groups is 5. The number of hydrogen-bond acceptors (Lipinski definition) is 8. The van der Waals surface area contributed by atoms with E-state index in [1.807, 2.05) is 12.1 Å². The highest BCUT2D eigenvalue weighted by Crippen LogP contribution is 2.32. The summed E-state index contributed by atoms with van der Waals surface area (Å²) in [5, 5.41) is 12.5. The van der Waals surface area contributed by atoms with Crippen molar-refractivity contribution < 1.29 is 38.6 Å². The lowest BCUT2D eigenvalue weighted by molar-refractivity contribution is -0.145. The maximum atomic E-state index is 13.4. The number of rotatable bonds is 17. The minimum absolute atomic E-state index is 0.0134. The number of carbonyl (C=O) groups excluding carboxylic acids is 4. The molecule has 12 nitrogen and oxygen atoms in total. The first-order chi connectivity index (χ1) is 21.7. The van der Waals surface area contributed by atoms with Gasteiger partial charge in [0.05, 0.1) is 30.6 Å². The van der Waals surface area contributed by atoms with Crippen molar-refractivity contribution in [2.75, 3.05) is 33.4 Å². The Morgan fingerprint density at radius 3 is 2.38 bits per heavy atom. The Morgan fingerprint density at radius 2 is 1.76 bits per heavy atom. The molecule has 0 radical (unpaired) electrons. The highest BCUT2D eigenvalue weighted by Gasteiger charge is 2.38. The summed E-state index contributed by atoms with van der Waals surface area (Å²) in [5.41, 5.74) is 0.845. The summed E-state index contributed by atoms with van der Waals surface area (Å²) in [5.74, 6) is -1.67. The van der Waals surface area contributed by atoms with E-state index in [0.717, 1.165) is 37.7 Å². The van der Waals surface area contributed by atoms with Gasteiger partial charge in [0.2, 0.25) is 18.2 Å². The molecule has 3 fully saturated rings. The van der Waals surface area contributed by atoms with Crippen LogP contribution in [0.1, 0.15) is 63.9 Å². The maximum Gasteiger partial charge on any atom is 0.306 e. The molecule has 3 N–H and O–H groups in total. The number of hydrogen-bond donors (Lipinski definition) is 3. The van der Waals surface area contributed by atoms with Gasteiger partial charge in [-0.25, -0.2) is 0 Å². The molecule has 4 rings (SSSR count). The van der Waals surface area contributed by atoms with Crippen molar-refractivity contribution in [2.24, 2.45) is 11.8 Å². The number of nitrogens with one attached hydrogen (secondary N) is 2. The van der Waals surface area contributed by atoms with Crippen molar-refractivity contribution in [3.05, 3.63) is 29.8 Å². The van der Waals surface area contributed by atoms with Crippen molar-refractivity contribution in [1.29, 1.82) is 0 Å². The monoisotopic (exact) mass is 646 g/mol. The van der Waals surface area contributed by atoms with Gasteiger partial charge in [-0.2, -0.15) is 0 Å². The van der Waals surface area contributed by atoms with Crippen LogP contribution in [0.5, 0.6) is 5.75 Å². The van der Waals surface area contributed by atoms with Crippen LogP contribution in [0.3, 0.4) is 0 Å². The molecule has 4 atom stereocenters. The molecule has 13 heteroatoms. The number of aliphatic carboxylic acids is 1. The summed E-state index contributed by atoms with van der Waals surface area (Å²) >= 11 is 1.39. The Kier molecular flexibility index (Phi) is 12.9. The third-order valence-electron chi connectivity index (χ3n) is 8.88. The van der Waals surface area contributed by atoms with Crippen molar-refractivity contribution >= 4 is 42.0 Å². The van der Waals surface area contributed by atoms with Crippen LogP contribution in [0.15, 0.2) is 24.3 Å². The Balaban J connectivity index is 1.27. The molecule has 2 aliphatic heterocycles. The van der Waals surface area contributed by atoms with Gasteiger partial charge in [-0.15, -0.1) is 0 Å². The number of carboxylic acids is 1. The second kappa shape index (κ2) is 16.8. The number of piperidine rings is 1. The molecule has 2 heterocycles. The van der Waals surface area contributed by atoms with Crippen LogP contribution < -0.4 is 14.8 Å². The molecule has 0 spiro atoms. The number of likely N-dealkylation sites (tertiary alicyclic amines) is 2. The zero-order valence-electron chi connectivity index (χ0n) is 26.2. The summed E-state index contributed by atoms with van der Waals surface area (Å²) in [7, 11) is 1.54. The number of amides is 4. The fourth-order valence-electron chi connectivity index (χ4n) is 5.96. The smallest absolute Gasteiger partial charge is 0.306 e. The largest absolute Gasteiger partial charge is 0.494 e. The average Bonchev–Trinajstić information content (AvgIpc) is 3.77. The number of benzene rings is 1. The van der Waals surface area contributed by atoms with Gasteiger partial charge < -0.3 is 29.7 Å². The Bertz CT molecular complexity index is 1170. The van der Waals surface area contributed by atoms with Crippen molar-refractivity contribution in [3.8, 4) is 5.75 Å². The number of carboxylic acid groups (broad SMARTS) is 1. The van der Waals surface area contributed by atoms with Gasteiger partial charge in [-0.05, 0) is 74.6 Å². The van der Waals surface area contributed by atoms with Gasteiger partial charge in [0.25, 0.3) is 5.91 Å². The van der Waals surface area contributed by atoms with Gasteiger partial charge in [0.15, 0.2) is 0 Å². The Labute approximate surface area is 269 Å². The van der Waals surface area contributed by atoms with Gasteiger partial charge in [0, 0.05) is 44.8 Å². The summed E-state index contributed by atoms with van der Waals surface area (Å²) in [6.45, 7) is 3.71. The first-order valence-electron chi connectivity index (χ1n) is 15.9. The molecule has 1 saturated carbocycles. The van der Waals surface area contributed by atoms with E-state index >= 15 is 0 Å². The lowest BCUT2D eigenvalue weighted by Crippen LogP contribution is -2.52. The zero-order valence-corrected chi connectivity index (χ0v) is 27.0. The molecule has 1 aromatic rings. The van der Waals surface area contributed by atoms with E-state index in [9.17, 15) is 24.0 Å². The van der Waals surface area contributed by atoms with Crippen LogP contribution in [0.2, 0.25) is 0 Å². The van der Waals surface area contributed by atoms with E-state index in [1.54, 1.807) is 36.0 Å². The lowest BCUT2D eigenvalue weighted by Gasteiger charge is -2.32. The molecular weight excluding hydrogens is 600 g/mol. The zero-order chi connectivity index (χ0) is 32.3. The number of methoxy groups -OCH3 is 1. The van der Waals surface area contributed by atoms with Crippen molar-refractivity contribution in [2.45, 2.75) is 88.1 Å². The lowest BCUT2D eigenvalue weighted by atomic mass is 9.94. The Morgan fingerprint density at radius 1 is 1.04 bits per heavy atom. The third-order valence-corrected chi connectivity index (χ3v) is 10.0. The second-order valence-electron chi connectivity index (χ2n) is 12.2. The first-order valence-corrected chi connectivity index (χ1v) is 16.8. The van der Waals surface area contributed by atoms with Crippen LogP contribution in [0.4, 0.5) is 0 Å². The van der Waals surface area contributed by atoms with E-state index in [-0.39, 0.29) is 36.1 Å². The molecule has 4 unspecified atom stereocenters. The predicted molar refractivity (Wildman–Crippen MR) is 168 cm³/mol. The van der Waals surface area contributed by atoms with Crippen LogP contribution in [-0.2, 0) is 35.1 Å². The van der Waals surface area contributed by atoms with Crippen LogP contribution in [-0.4, -0.2) is 102 Å². The van der Waals surface area contributed by atoms with Crippen molar-refractivity contribution in [1.82, 2.24) is 19.8 Å². The topological polar surface area (TPSA) is 155 Å². The molecular formula is C32H46N4O8S. The first kappa shape index (κ1) is 34.6. The van der Waals surface area contributed by atoms with Crippen LogP contribution >= 0.6 is 11.9 Å². The second-order valence-corrected chi connectivity index (χ2v) is 13.3. The van der Waals surface area contributed by atoms with Crippen LogP contribution in [0, 0.1) is 11.8 Å². The van der Waals surface area contributed by atoms with E-state index in [2.05, 4.69) is 10.0 Å². The molecule has 1 aromatic carbocycles.